The average molecular weight is 628 g/mol. The Morgan fingerprint density at radius 2 is 1.77 bits per heavy atom. The molecule has 47 heavy (non-hydrogen) atoms. The molecule has 0 amide bonds. The van der Waals surface area contributed by atoms with E-state index in [1.54, 1.807) is 13.3 Å². The topological polar surface area (TPSA) is 64.4 Å². The van der Waals surface area contributed by atoms with Gasteiger partial charge < -0.3 is 19.7 Å². The summed E-state index contributed by atoms with van der Waals surface area (Å²) in [4.78, 5) is 2.26. The number of benzene rings is 3. The van der Waals surface area contributed by atoms with Crippen molar-refractivity contribution in [2.45, 2.75) is 25.7 Å². The fraction of sp³-hybridized carbons (Fsp3) is 0.300. The summed E-state index contributed by atoms with van der Waals surface area (Å²) in [5.41, 5.74) is 6.44. The Morgan fingerprint density at radius 3 is 2.51 bits per heavy atom. The average Bonchev–Trinajstić information content (AvgIpc) is 3.55. The van der Waals surface area contributed by atoms with Gasteiger partial charge in [0.05, 0.1) is 12.2 Å². The first kappa shape index (κ1) is 32.2. The molecule has 0 spiro atoms. The van der Waals surface area contributed by atoms with Crippen molar-refractivity contribution >= 4 is 28.8 Å². The van der Waals surface area contributed by atoms with Gasteiger partial charge in [-0.25, -0.2) is 0 Å². The molecule has 1 aromatic heterocycles. The van der Waals surface area contributed by atoms with Gasteiger partial charge in [0.25, 0.3) is 0 Å². The van der Waals surface area contributed by atoms with Crippen molar-refractivity contribution in [3.05, 3.63) is 115 Å². The molecule has 0 radical (unpaired) electrons. The number of methoxy groups -OCH3 is 1. The third-order valence-electron chi connectivity index (χ3n) is 9.17. The summed E-state index contributed by atoms with van der Waals surface area (Å²) in [6, 6.07) is 19.6. The van der Waals surface area contributed by atoms with Crippen molar-refractivity contribution in [1.29, 1.82) is 0 Å². The zero-order valence-corrected chi connectivity index (χ0v) is 27.5. The maximum absolute atomic E-state index is 6.20. The Balaban J connectivity index is 1.35. The monoisotopic (exact) mass is 627 g/mol. The summed E-state index contributed by atoms with van der Waals surface area (Å²) in [6.07, 6.45) is 14.5. The van der Waals surface area contributed by atoms with E-state index in [0.717, 1.165) is 77.7 Å². The molecule has 4 aromatic rings. The second kappa shape index (κ2) is 15.2. The number of ether oxygens (including phenoxy) is 2. The van der Waals surface area contributed by atoms with E-state index in [1.807, 2.05) is 16.7 Å². The first-order chi connectivity index (χ1) is 23.2. The summed E-state index contributed by atoms with van der Waals surface area (Å²) < 4.78 is 13.4. The molecule has 1 N–H and O–H groups in total. The van der Waals surface area contributed by atoms with Gasteiger partial charge in [-0.15, -0.1) is 10.2 Å². The van der Waals surface area contributed by atoms with E-state index < -0.39 is 0 Å². The van der Waals surface area contributed by atoms with Crippen LogP contribution in [0.3, 0.4) is 0 Å². The highest BCUT2D eigenvalue weighted by molar-refractivity contribution is 6.05. The third kappa shape index (κ3) is 6.87. The molecule has 1 fully saturated rings. The predicted octanol–water partition coefficient (Wildman–Crippen LogP) is 7.83. The van der Waals surface area contributed by atoms with Crippen LogP contribution in [-0.4, -0.2) is 66.2 Å². The fourth-order valence-corrected chi connectivity index (χ4v) is 6.74. The highest BCUT2D eigenvalue weighted by Crippen LogP contribution is 2.38. The van der Waals surface area contributed by atoms with Gasteiger partial charge in [0, 0.05) is 32.0 Å². The lowest BCUT2D eigenvalue weighted by atomic mass is 9.91. The van der Waals surface area contributed by atoms with E-state index in [-0.39, 0.29) is 0 Å². The lowest BCUT2D eigenvalue weighted by Crippen LogP contribution is -2.33. The molecule has 6 rings (SSSR count). The summed E-state index contributed by atoms with van der Waals surface area (Å²) in [5, 5.41) is 15.0. The number of hydrogen-bond acceptors (Lipinski definition) is 6. The van der Waals surface area contributed by atoms with Crippen LogP contribution < -0.4 is 5.32 Å². The first-order valence-corrected chi connectivity index (χ1v) is 16.6. The Hall–Kier alpha value is -4.72. The van der Waals surface area contributed by atoms with Crippen molar-refractivity contribution in [1.82, 2.24) is 25.0 Å². The number of rotatable bonds is 13. The van der Waals surface area contributed by atoms with Gasteiger partial charge >= 0.3 is 0 Å². The zero-order valence-electron chi connectivity index (χ0n) is 27.5. The van der Waals surface area contributed by atoms with Gasteiger partial charge in [-0.2, -0.15) is 0 Å². The molecule has 2 aliphatic rings. The number of hydrogen-bond donors (Lipinski definition) is 1. The lowest BCUT2D eigenvalue weighted by molar-refractivity contribution is 0.155. The summed E-state index contributed by atoms with van der Waals surface area (Å²) in [5.74, 6) is 2.61. The lowest BCUT2D eigenvalue weighted by Gasteiger charge is -2.32. The predicted molar refractivity (Wildman–Crippen MR) is 194 cm³/mol. The Morgan fingerprint density at radius 1 is 0.957 bits per heavy atom. The molecular weight excluding hydrogens is 582 g/mol. The molecule has 3 aromatic carbocycles. The van der Waals surface area contributed by atoms with E-state index in [0.29, 0.717) is 36.5 Å². The second-order valence-electron chi connectivity index (χ2n) is 12.1. The van der Waals surface area contributed by atoms with Crippen molar-refractivity contribution in [2.75, 3.05) is 46.5 Å². The largest absolute Gasteiger partial charge is 0.486 e. The van der Waals surface area contributed by atoms with E-state index in [4.69, 9.17) is 14.6 Å². The SMILES string of the molecule is C=CC1=C(c2nnc(-c3ccc4cccc(-c5ccc(CC=CC6CCNCC6)cc5)c4c3C=C)n2C=C)OCCN1CCCOC. The molecule has 0 atom stereocenters. The van der Waals surface area contributed by atoms with Crippen LogP contribution in [0, 0.1) is 5.92 Å². The third-order valence-corrected chi connectivity index (χ3v) is 9.17. The van der Waals surface area contributed by atoms with Crippen LogP contribution in [0.15, 0.2) is 98.3 Å². The summed E-state index contributed by atoms with van der Waals surface area (Å²) in [7, 11) is 1.72. The van der Waals surface area contributed by atoms with Crippen LogP contribution in [0.2, 0.25) is 0 Å². The summed E-state index contributed by atoms with van der Waals surface area (Å²) in [6.45, 7) is 17.5. The van der Waals surface area contributed by atoms with Crippen LogP contribution in [0.4, 0.5) is 0 Å². The zero-order chi connectivity index (χ0) is 32.6. The molecular formula is C40H45N5O2. The molecule has 2 aliphatic heterocycles. The summed E-state index contributed by atoms with van der Waals surface area (Å²) >= 11 is 0. The van der Waals surface area contributed by atoms with E-state index in [9.17, 15) is 0 Å². The van der Waals surface area contributed by atoms with E-state index in [1.165, 1.54) is 18.4 Å². The van der Waals surface area contributed by atoms with Crippen LogP contribution in [-0.2, 0) is 15.9 Å². The van der Waals surface area contributed by atoms with Gasteiger partial charge in [-0.05, 0) is 89.9 Å². The first-order valence-electron chi connectivity index (χ1n) is 16.6. The highest BCUT2D eigenvalue weighted by atomic mass is 16.5. The maximum Gasteiger partial charge on any atom is 0.205 e. The van der Waals surface area contributed by atoms with Crippen molar-refractivity contribution in [3.8, 4) is 22.5 Å². The van der Waals surface area contributed by atoms with Crippen molar-refractivity contribution < 1.29 is 9.47 Å². The van der Waals surface area contributed by atoms with Crippen LogP contribution in [0.5, 0.6) is 0 Å². The number of nitrogens with zero attached hydrogens (tertiary/aromatic N) is 4. The quantitative estimate of drug-likeness (QED) is 0.120. The van der Waals surface area contributed by atoms with Gasteiger partial charge in [0.1, 0.15) is 6.61 Å². The van der Waals surface area contributed by atoms with Gasteiger partial charge in [0.15, 0.2) is 11.6 Å². The molecule has 7 nitrogen and oxygen atoms in total. The Kier molecular flexibility index (Phi) is 10.5. The number of fused-ring (bicyclic) bond motifs is 1. The molecule has 242 valence electrons. The molecule has 0 unspecified atom stereocenters. The number of aromatic nitrogens is 3. The van der Waals surface area contributed by atoms with Crippen molar-refractivity contribution in [2.24, 2.45) is 5.92 Å². The molecule has 3 heterocycles. The minimum atomic E-state index is 0.545. The maximum atomic E-state index is 6.20. The molecule has 0 bridgehead atoms. The fourth-order valence-electron chi connectivity index (χ4n) is 6.74. The van der Waals surface area contributed by atoms with Crippen LogP contribution in [0.25, 0.3) is 51.3 Å². The number of nitrogens with one attached hydrogen (secondary N) is 1. The van der Waals surface area contributed by atoms with Gasteiger partial charge in [-0.3, -0.25) is 4.57 Å². The Bertz CT molecular complexity index is 1790. The second-order valence-corrected chi connectivity index (χ2v) is 12.1. The number of piperidine rings is 1. The Labute approximate surface area is 278 Å². The smallest absolute Gasteiger partial charge is 0.205 e. The minimum Gasteiger partial charge on any atom is -0.486 e. The normalized spacial score (nSPS) is 15.7. The van der Waals surface area contributed by atoms with E-state index in [2.05, 4.69) is 102 Å². The number of allylic oxidation sites excluding steroid dienone is 3. The molecule has 7 heteroatoms. The van der Waals surface area contributed by atoms with Gasteiger partial charge in [-0.1, -0.05) is 86.5 Å². The van der Waals surface area contributed by atoms with Crippen LogP contribution >= 0.6 is 0 Å². The standard InChI is InChI=1S/C40H45N5O2/c1-5-33-35(39-42-43-40(45(39)7-3)38-36(6-2)44(26-28-47-38)25-10-27-46-4)20-19-32-13-9-14-34(37(32)33)31-17-15-29(16-18-31)11-8-12-30-21-23-41-24-22-30/h5-9,12-20,30,41H,1-3,10-11,21-28H2,4H3. The highest BCUT2D eigenvalue weighted by Gasteiger charge is 2.26. The molecule has 0 aliphatic carbocycles. The molecule has 1 saturated heterocycles. The minimum absolute atomic E-state index is 0.545. The van der Waals surface area contributed by atoms with Gasteiger partial charge in [0.2, 0.25) is 5.82 Å². The van der Waals surface area contributed by atoms with E-state index >= 15 is 0 Å². The van der Waals surface area contributed by atoms with Crippen LogP contribution in [0.1, 0.15) is 36.2 Å². The van der Waals surface area contributed by atoms with Crippen molar-refractivity contribution in [3.63, 3.8) is 0 Å². The molecule has 0 saturated carbocycles.